The van der Waals surface area contributed by atoms with Crippen LogP contribution >= 0.6 is 27.3 Å². The number of anilines is 1. The Bertz CT molecular complexity index is 1300. The Morgan fingerprint density at radius 2 is 1.97 bits per heavy atom. The van der Waals surface area contributed by atoms with Crippen LogP contribution in [0.25, 0.3) is 21.5 Å². The molecule has 0 saturated carbocycles. The van der Waals surface area contributed by atoms with Crippen molar-refractivity contribution in [2.24, 2.45) is 0 Å². The maximum atomic E-state index is 12.6. The molecule has 7 nitrogen and oxygen atoms in total. The average molecular weight is 468 g/mol. The summed E-state index contributed by atoms with van der Waals surface area (Å²) in [5.41, 5.74) is 1.69. The van der Waals surface area contributed by atoms with Gasteiger partial charge in [-0.25, -0.2) is 9.78 Å². The highest BCUT2D eigenvalue weighted by Crippen LogP contribution is 2.36. The van der Waals surface area contributed by atoms with Gasteiger partial charge in [0.1, 0.15) is 17.1 Å². The number of amides is 1. The number of carboxylic acid groups (broad SMARTS) is 1. The zero-order valence-corrected chi connectivity index (χ0v) is 16.9. The van der Waals surface area contributed by atoms with E-state index in [1.54, 1.807) is 35.7 Å². The van der Waals surface area contributed by atoms with Crippen molar-refractivity contribution < 1.29 is 19.1 Å². The first-order valence-electron chi connectivity index (χ1n) is 8.19. The van der Waals surface area contributed by atoms with Gasteiger partial charge in [-0.05, 0) is 29.8 Å². The van der Waals surface area contributed by atoms with Crippen molar-refractivity contribution >= 4 is 55.9 Å². The summed E-state index contributed by atoms with van der Waals surface area (Å²) in [6.07, 6.45) is 0. The number of para-hydroxylation sites is 1. The van der Waals surface area contributed by atoms with Crippen molar-refractivity contribution in [1.29, 1.82) is 5.26 Å². The van der Waals surface area contributed by atoms with Gasteiger partial charge >= 0.3 is 11.9 Å². The molecule has 0 aliphatic carbocycles. The van der Waals surface area contributed by atoms with Crippen LogP contribution in [0.5, 0.6) is 0 Å². The summed E-state index contributed by atoms with van der Waals surface area (Å²) in [7, 11) is 0. The third-order valence-electron chi connectivity index (χ3n) is 4.09. The number of oxazole rings is 1. The van der Waals surface area contributed by atoms with Gasteiger partial charge in [-0.15, -0.1) is 11.3 Å². The van der Waals surface area contributed by atoms with E-state index < -0.39 is 11.9 Å². The van der Waals surface area contributed by atoms with E-state index in [9.17, 15) is 14.7 Å². The first kappa shape index (κ1) is 18.9. The molecule has 4 aromatic rings. The lowest BCUT2D eigenvalue weighted by Crippen LogP contribution is -2.14. The highest BCUT2D eigenvalue weighted by Gasteiger charge is 2.23. The number of nitriles is 1. The van der Waals surface area contributed by atoms with Crippen LogP contribution in [-0.2, 0) is 0 Å². The fourth-order valence-corrected chi connectivity index (χ4v) is 4.05. The van der Waals surface area contributed by atoms with Gasteiger partial charge in [-0.1, -0.05) is 34.1 Å². The Labute approximate surface area is 176 Å². The zero-order valence-electron chi connectivity index (χ0n) is 14.5. The number of hydrogen-bond acceptors (Lipinski definition) is 6. The SMILES string of the molecule is N#Cc1cccc2nc(C(=O)Nc3csc(-c4ccc(Br)cc4)c3C(=O)O)oc12. The number of nitrogens with zero attached hydrogens (tertiary/aromatic N) is 2. The molecular formula is C20H10BrN3O4S. The van der Waals surface area contributed by atoms with Crippen molar-refractivity contribution in [1.82, 2.24) is 4.98 Å². The van der Waals surface area contributed by atoms with Crippen LogP contribution in [0.15, 0.2) is 56.7 Å². The van der Waals surface area contributed by atoms with Crippen molar-refractivity contribution in [2.45, 2.75) is 0 Å². The monoisotopic (exact) mass is 467 g/mol. The summed E-state index contributed by atoms with van der Waals surface area (Å²) in [5, 5.41) is 22.9. The van der Waals surface area contributed by atoms with Crippen LogP contribution in [0.3, 0.4) is 0 Å². The maximum Gasteiger partial charge on any atom is 0.339 e. The molecule has 2 N–H and O–H groups in total. The van der Waals surface area contributed by atoms with Crippen LogP contribution in [-0.4, -0.2) is 22.0 Å². The number of aromatic carboxylic acids is 1. The number of aromatic nitrogens is 1. The van der Waals surface area contributed by atoms with Crippen molar-refractivity contribution in [3.63, 3.8) is 0 Å². The van der Waals surface area contributed by atoms with Crippen LogP contribution in [0.1, 0.15) is 26.6 Å². The van der Waals surface area contributed by atoms with Gasteiger partial charge in [-0.3, -0.25) is 4.79 Å². The smallest absolute Gasteiger partial charge is 0.339 e. The second-order valence-corrected chi connectivity index (χ2v) is 7.70. The molecule has 2 aromatic heterocycles. The van der Waals surface area contributed by atoms with Gasteiger partial charge in [0.2, 0.25) is 0 Å². The molecule has 0 aliphatic rings. The molecular weight excluding hydrogens is 458 g/mol. The Morgan fingerprint density at radius 1 is 1.21 bits per heavy atom. The second kappa shape index (κ2) is 7.50. The number of carbonyl (C=O) groups is 2. The van der Waals surface area contributed by atoms with E-state index in [2.05, 4.69) is 26.2 Å². The molecule has 0 fully saturated rings. The van der Waals surface area contributed by atoms with E-state index >= 15 is 0 Å². The number of benzene rings is 2. The first-order chi connectivity index (χ1) is 14.0. The van der Waals surface area contributed by atoms with Crippen LogP contribution in [0, 0.1) is 11.3 Å². The average Bonchev–Trinajstić information content (AvgIpc) is 3.32. The molecule has 0 atom stereocenters. The normalized spacial score (nSPS) is 10.6. The highest BCUT2D eigenvalue weighted by molar-refractivity contribution is 9.10. The highest BCUT2D eigenvalue weighted by atomic mass is 79.9. The lowest BCUT2D eigenvalue weighted by atomic mass is 10.1. The molecule has 1 amide bonds. The third-order valence-corrected chi connectivity index (χ3v) is 5.65. The number of rotatable bonds is 4. The Balaban J connectivity index is 1.69. The minimum Gasteiger partial charge on any atom is -0.478 e. The van der Waals surface area contributed by atoms with E-state index in [1.165, 1.54) is 11.3 Å². The number of halogens is 1. The fraction of sp³-hybridized carbons (Fsp3) is 0. The van der Waals surface area contributed by atoms with Gasteiger partial charge in [0.05, 0.1) is 16.1 Å². The molecule has 0 saturated heterocycles. The lowest BCUT2D eigenvalue weighted by molar-refractivity contribution is 0.0699. The van der Waals surface area contributed by atoms with E-state index in [-0.39, 0.29) is 28.3 Å². The largest absolute Gasteiger partial charge is 0.478 e. The maximum absolute atomic E-state index is 12.6. The van der Waals surface area contributed by atoms with Crippen molar-refractivity contribution in [3.05, 3.63) is 69.3 Å². The number of thiophene rings is 1. The molecule has 0 unspecified atom stereocenters. The Hall–Kier alpha value is -3.48. The zero-order chi connectivity index (χ0) is 20.5. The van der Waals surface area contributed by atoms with Crippen LogP contribution in [0.2, 0.25) is 0 Å². The van der Waals surface area contributed by atoms with Gasteiger partial charge in [-0.2, -0.15) is 5.26 Å². The van der Waals surface area contributed by atoms with Gasteiger partial charge in [0.15, 0.2) is 5.58 Å². The van der Waals surface area contributed by atoms with Gasteiger partial charge < -0.3 is 14.8 Å². The summed E-state index contributed by atoms with van der Waals surface area (Å²) in [6.45, 7) is 0. The predicted molar refractivity (Wildman–Crippen MR) is 111 cm³/mol. The van der Waals surface area contributed by atoms with E-state index in [1.807, 2.05) is 18.2 Å². The minimum atomic E-state index is -1.16. The molecule has 2 heterocycles. The molecule has 29 heavy (non-hydrogen) atoms. The number of carbonyl (C=O) groups excluding carboxylic acids is 1. The van der Waals surface area contributed by atoms with Crippen LogP contribution in [0.4, 0.5) is 5.69 Å². The summed E-state index contributed by atoms with van der Waals surface area (Å²) < 4.78 is 6.31. The quantitative estimate of drug-likeness (QED) is 0.429. The lowest BCUT2D eigenvalue weighted by Gasteiger charge is -2.04. The summed E-state index contributed by atoms with van der Waals surface area (Å²) in [6, 6.07) is 14.0. The predicted octanol–water partition coefficient (Wildman–Crippen LogP) is 5.14. The Morgan fingerprint density at radius 3 is 2.66 bits per heavy atom. The second-order valence-electron chi connectivity index (χ2n) is 5.90. The standard InChI is InChI=1S/C20H10BrN3O4S/c21-12-6-4-10(5-7-12)17-15(20(26)27)14(9-29-17)23-18(25)19-24-13-3-1-2-11(8-22)16(13)28-19/h1-7,9H,(H,23,25)(H,26,27). The summed E-state index contributed by atoms with van der Waals surface area (Å²) in [5.74, 6) is -2.12. The molecule has 4 rings (SSSR count). The van der Waals surface area contributed by atoms with Crippen molar-refractivity contribution in [2.75, 3.05) is 5.32 Å². The summed E-state index contributed by atoms with van der Waals surface area (Å²) >= 11 is 4.55. The van der Waals surface area contributed by atoms with Crippen molar-refractivity contribution in [3.8, 4) is 16.5 Å². The minimum absolute atomic E-state index is 0.0144. The fourth-order valence-electron chi connectivity index (χ4n) is 2.79. The molecule has 0 radical (unpaired) electrons. The molecule has 142 valence electrons. The Kier molecular flexibility index (Phi) is 4.88. The van der Waals surface area contributed by atoms with Crippen LogP contribution < -0.4 is 5.32 Å². The number of nitrogens with one attached hydrogen (secondary N) is 1. The number of carboxylic acids is 1. The van der Waals surface area contributed by atoms with E-state index in [4.69, 9.17) is 9.68 Å². The third kappa shape index (κ3) is 3.51. The number of hydrogen-bond donors (Lipinski definition) is 2. The molecule has 0 spiro atoms. The van der Waals surface area contributed by atoms with E-state index in [0.29, 0.717) is 10.4 Å². The summed E-state index contributed by atoms with van der Waals surface area (Å²) in [4.78, 5) is 29.1. The first-order valence-corrected chi connectivity index (χ1v) is 9.87. The molecule has 2 aromatic carbocycles. The molecule has 0 bridgehead atoms. The number of fused-ring (bicyclic) bond motifs is 1. The molecule has 9 heteroatoms. The van der Waals surface area contributed by atoms with Gasteiger partial charge in [0, 0.05) is 9.85 Å². The topological polar surface area (TPSA) is 116 Å². The molecule has 0 aliphatic heterocycles. The van der Waals surface area contributed by atoms with E-state index in [0.717, 1.165) is 10.0 Å². The van der Waals surface area contributed by atoms with Gasteiger partial charge in [0.25, 0.3) is 5.89 Å².